The van der Waals surface area contributed by atoms with Gasteiger partial charge in [-0.2, -0.15) is 0 Å². The number of Topliss-reactive ketones (excluding diaryl/α,β-unsaturated/α-hetero) is 1. The fourth-order valence-electron chi connectivity index (χ4n) is 1.28. The van der Waals surface area contributed by atoms with Gasteiger partial charge >= 0.3 is 0 Å². The fraction of sp³-hybridized carbons (Fsp3) is 0.417. The number of ketones is 1. The van der Waals surface area contributed by atoms with E-state index in [1.807, 2.05) is 39.0 Å². The van der Waals surface area contributed by atoms with Crippen molar-refractivity contribution in [3.63, 3.8) is 0 Å². The van der Waals surface area contributed by atoms with Crippen LogP contribution in [0.1, 0.15) is 24.5 Å². The molecule has 0 aliphatic rings. The van der Waals surface area contributed by atoms with Crippen molar-refractivity contribution in [1.29, 1.82) is 0 Å². The molecule has 0 N–H and O–H groups in total. The summed E-state index contributed by atoms with van der Waals surface area (Å²) >= 11 is 0. The number of hydrogen-bond acceptors (Lipinski definition) is 2. The van der Waals surface area contributed by atoms with Gasteiger partial charge in [-0.3, -0.25) is 4.79 Å². The molecule has 1 rings (SSSR count). The Balaban J connectivity index is 2.71. The molecule has 0 saturated heterocycles. The molecule has 0 spiro atoms. The summed E-state index contributed by atoms with van der Waals surface area (Å²) in [7, 11) is 0. The molecule has 0 aliphatic carbocycles. The first kappa shape index (κ1) is 10.8. The van der Waals surface area contributed by atoms with E-state index in [2.05, 4.69) is 0 Å². The Morgan fingerprint density at radius 1 is 1.29 bits per heavy atom. The van der Waals surface area contributed by atoms with E-state index in [1.54, 1.807) is 0 Å². The van der Waals surface area contributed by atoms with E-state index in [4.69, 9.17) is 4.74 Å². The van der Waals surface area contributed by atoms with Gasteiger partial charge in [0.25, 0.3) is 0 Å². The lowest BCUT2D eigenvalue weighted by molar-refractivity contribution is -0.120. The van der Waals surface area contributed by atoms with E-state index >= 15 is 0 Å². The lowest BCUT2D eigenvalue weighted by Crippen LogP contribution is -2.10. The highest BCUT2D eigenvalue weighted by atomic mass is 16.5. The molecule has 0 radical (unpaired) electrons. The standard InChI is InChI=1S/C12H16O2/c1-4-11(13)8-14-12-9(2)6-5-7-10(12)3/h5-7H,4,8H2,1-3H3. The van der Waals surface area contributed by atoms with Gasteiger partial charge in [0.15, 0.2) is 5.78 Å². The second-order valence-corrected chi connectivity index (χ2v) is 3.40. The van der Waals surface area contributed by atoms with Crippen LogP contribution in [0.3, 0.4) is 0 Å². The van der Waals surface area contributed by atoms with Crippen LogP contribution in [-0.4, -0.2) is 12.4 Å². The number of rotatable bonds is 4. The van der Waals surface area contributed by atoms with Gasteiger partial charge < -0.3 is 4.74 Å². The third kappa shape index (κ3) is 2.59. The van der Waals surface area contributed by atoms with Crippen LogP contribution in [0.4, 0.5) is 0 Å². The Morgan fingerprint density at radius 2 is 1.86 bits per heavy atom. The van der Waals surface area contributed by atoms with E-state index in [9.17, 15) is 4.79 Å². The van der Waals surface area contributed by atoms with Crippen molar-refractivity contribution in [2.75, 3.05) is 6.61 Å². The minimum Gasteiger partial charge on any atom is -0.485 e. The predicted molar refractivity (Wildman–Crippen MR) is 56.7 cm³/mol. The third-order valence-electron chi connectivity index (χ3n) is 2.18. The molecule has 0 aliphatic heterocycles. The normalized spacial score (nSPS) is 9.93. The van der Waals surface area contributed by atoms with E-state index in [1.165, 1.54) is 0 Å². The smallest absolute Gasteiger partial charge is 0.169 e. The lowest BCUT2D eigenvalue weighted by Gasteiger charge is -2.10. The number of carbonyl (C=O) groups is 1. The predicted octanol–water partition coefficient (Wildman–Crippen LogP) is 2.66. The van der Waals surface area contributed by atoms with Crippen LogP contribution in [-0.2, 0) is 4.79 Å². The Morgan fingerprint density at radius 3 is 2.36 bits per heavy atom. The Kier molecular flexibility index (Phi) is 3.69. The molecule has 76 valence electrons. The summed E-state index contributed by atoms with van der Waals surface area (Å²) in [5, 5.41) is 0. The minimum atomic E-state index is 0.132. The highest BCUT2D eigenvalue weighted by molar-refractivity contribution is 5.79. The van der Waals surface area contributed by atoms with Gasteiger partial charge in [0.1, 0.15) is 12.4 Å². The molecule has 0 atom stereocenters. The van der Waals surface area contributed by atoms with E-state index in [0.717, 1.165) is 16.9 Å². The summed E-state index contributed by atoms with van der Waals surface area (Å²) in [5.41, 5.74) is 2.16. The van der Waals surface area contributed by atoms with Crippen molar-refractivity contribution < 1.29 is 9.53 Å². The molecular weight excluding hydrogens is 176 g/mol. The van der Waals surface area contributed by atoms with E-state index < -0.39 is 0 Å². The molecule has 2 heteroatoms. The molecule has 1 aromatic rings. The monoisotopic (exact) mass is 192 g/mol. The zero-order valence-electron chi connectivity index (χ0n) is 8.96. The lowest BCUT2D eigenvalue weighted by atomic mass is 10.1. The van der Waals surface area contributed by atoms with Crippen LogP contribution in [0.2, 0.25) is 0 Å². The van der Waals surface area contributed by atoms with Crippen molar-refractivity contribution in [3.05, 3.63) is 29.3 Å². The molecule has 0 amide bonds. The van der Waals surface area contributed by atoms with Crippen LogP contribution in [0.25, 0.3) is 0 Å². The summed E-state index contributed by atoms with van der Waals surface area (Å²) < 4.78 is 5.47. The molecule has 0 bridgehead atoms. The van der Waals surface area contributed by atoms with Gasteiger partial charge in [0.05, 0.1) is 0 Å². The number of aryl methyl sites for hydroxylation is 2. The quantitative estimate of drug-likeness (QED) is 0.733. The average molecular weight is 192 g/mol. The fourth-order valence-corrected chi connectivity index (χ4v) is 1.28. The summed E-state index contributed by atoms with van der Waals surface area (Å²) in [5.74, 6) is 0.974. The summed E-state index contributed by atoms with van der Waals surface area (Å²) in [6, 6.07) is 5.96. The zero-order chi connectivity index (χ0) is 10.6. The number of hydrogen-bond donors (Lipinski definition) is 0. The van der Waals surface area contributed by atoms with Gasteiger partial charge in [-0.1, -0.05) is 25.1 Å². The van der Waals surface area contributed by atoms with E-state index in [0.29, 0.717) is 6.42 Å². The van der Waals surface area contributed by atoms with Crippen LogP contribution in [0.5, 0.6) is 5.75 Å². The Bertz CT molecular complexity index is 309. The molecule has 0 saturated carbocycles. The van der Waals surface area contributed by atoms with Crippen molar-refractivity contribution in [2.45, 2.75) is 27.2 Å². The van der Waals surface area contributed by atoms with Crippen molar-refractivity contribution in [1.82, 2.24) is 0 Å². The minimum absolute atomic E-state index is 0.132. The third-order valence-corrected chi connectivity index (χ3v) is 2.18. The highest BCUT2D eigenvalue weighted by Gasteiger charge is 2.05. The number of carbonyl (C=O) groups excluding carboxylic acids is 1. The maximum atomic E-state index is 11.1. The highest BCUT2D eigenvalue weighted by Crippen LogP contribution is 2.22. The van der Waals surface area contributed by atoms with Gasteiger partial charge in [-0.25, -0.2) is 0 Å². The molecule has 0 aromatic heterocycles. The van der Waals surface area contributed by atoms with Gasteiger partial charge in [-0.15, -0.1) is 0 Å². The summed E-state index contributed by atoms with van der Waals surface area (Å²) in [6.07, 6.45) is 0.533. The van der Waals surface area contributed by atoms with Crippen molar-refractivity contribution >= 4 is 5.78 Å². The molecule has 2 nitrogen and oxygen atoms in total. The van der Waals surface area contributed by atoms with Crippen LogP contribution in [0.15, 0.2) is 18.2 Å². The zero-order valence-corrected chi connectivity index (χ0v) is 8.96. The van der Waals surface area contributed by atoms with Gasteiger partial charge in [-0.05, 0) is 25.0 Å². The first-order valence-corrected chi connectivity index (χ1v) is 4.86. The van der Waals surface area contributed by atoms with Gasteiger partial charge in [0.2, 0.25) is 0 Å². The Labute approximate surface area is 84.9 Å². The molecule has 1 aromatic carbocycles. The maximum Gasteiger partial charge on any atom is 0.169 e. The topological polar surface area (TPSA) is 26.3 Å². The van der Waals surface area contributed by atoms with Crippen molar-refractivity contribution in [3.8, 4) is 5.75 Å². The molecule has 0 fully saturated rings. The van der Waals surface area contributed by atoms with Crippen LogP contribution >= 0.6 is 0 Å². The van der Waals surface area contributed by atoms with E-state index in [-0.39, 0.29) is 12.4 Å². The molecule has 0 heterocycles. The van der Waals surface area contributed by atoms with Crippen LogP contribution in [0, 0.1) is 13.8 Å². The second kappa shape index (κ2) is 4.80. The summed E-state index contributed by atoms with van der Waals surface area (Å²) in [4.78, 5) is 11.1. The molecule has 0 unspecified atom stereocenters. The first-order valence-electron chi connectivity index (χ1n) is 4.86. The van der Waals surface area contributed by atoms with Gasteiger partial charge in [0, 0.05) is 6.42 Å². The molecular formula is C12H16O2. The number of ether oxygens (including phenoxy) is 1. The number of para-hydroxylation sites is 1. The SMILES string of the molecule is CCC(=O)COc1c(C)cccc1C. The first-order chi connectivity index (χ1) is 6.65. The van der Waals surface area contributed by atoms with Crippen molar-refractivity contribution in [2.24, 2.45) is 0 Å². The Hall–Kier alpha value is -1.31. The second-order valence-electron chi connectivity index (χ2n) is 3.40. The number of benzene rings is 1. The average Bonchev–Trinajstić information content (AvgIpc) is 2.16. The maximum absolute atomic E-state index is 11.1. The largest absolute Gasteiger partial charge is 0.485 e. The van der Waals surface area contributed by atoms with Crippen LogP contribution < -0.4 is 4.74 Å². The molecule has 14 heavy (non-hydrogen) atoms. The summed E-state index contributed by atoms with van der Waals surface area (Å²) in [6.45, 7) is 6.00.